The van der Waals surface area contributed by atoms with E-state index in [9.17, 15) is 4.79 Å². The number of carbonyl (C=O) groups is 1. The second-order valence-corrected chi connectivity index (χ2v) is 5.71. The Hall–Kier alpha value is -3.48. The average molecular weight is 348 g/mol. The van der Waals surface area contributed by atoms with Gasteiger partial charge in [0.2, 0.25) is 11.9 Å². The molecule has 1 heterocycles. The summed E-state index contributed by atoms with van der Waals surface area (Å²) < 4.78 is 0. The van der Waals surface area contributed by atoms with Crippen molar-refractivity contribution in [1.82, 2.24) is 15.2 Å². The van der Waals surface area contributed by atoms with E-state index in [2.05, 4.69) is 43.3 Å². The Morgan fingerprint density at radius 2 is 1.73 bits per heavy atom. The van der Waals surface area contributed by atoms with E-state index < -0.39 is 0 Å². The van der Waals surface area contributed by atoms with Crippen LogP contribution >= 0.6 is 0 Å². The van der Waals surface area contributed by atoms with E-state index in [-0.39, 0.29) is 5.91 Å². The highest BCUT2D eigenvalue weighted by molar-refractivity contribution is 5.88. The van der Waals surface area contributed by atoms with Crippen LogP contribution < -0.4 is 16.0 Å². The molecule has 3 rings (SSSR count). The van der Waals surface area contributed by atoms with Gasteiger partial charge in [-0.1, -0.05) is 30.3 Å². The molecule has 2 aromatic carbocycles. The number of anilines is 4. The zero-order valence-electron chi connectivity index (χ0n) is 14.4. The van der Waals surface area contributed by atoms with Crippen LogP contribution in [-0.4, -0.2) is 27.6 Å². The Balaban J connectivity index is 1.56. The van der Waals surface area contributed by atoms with E-state index in [1.807, 2.05) is 30.3 Å². The monoisotopic (exact) mass is 348 g/mol. The molecule has 0 atom stereocenters. The fourth-order valence-electron chi connectivity index (χ4n) is 2.39. The summed E-state index contributed by atoms with van der Waals surface area (Å²) in [6.45, 7) is 2.23. The molecule has 0 aliphatic carbocycles. The third kappa shape index (κ3) is 5.27. The minimum absolute atomic E-state index is 0.104. The van der Waals surface area contributed by atoms with Crippen molar-refractivity contribution in [2.75, 3.05) is 22.5 Å². The van der Waals surface area contributed by atoms with Crippen LogP contribution in [0.2, 0.25) is 0 Å². The molecule has 132 valence electrons. The van der Waals surface area contributed by atoms with E-state index in [1.54, 1.807) is 18.3 Å². The number of amides is 1. The van der Waals surface area contributed by atoms with Gasteiger partial charge in [0, 0.05) is 24.8 Å². The summed E-state index contributed by atoms with van der Waals surface area (Å²) in [6, 6.07) is 17.5. The summed E-state index contributed by atoms with van der Waals surface area (Å²) >= 11 is 0. The van der Waals surface area contributed by atoms with E-state index >= 15 is 0 Å². The van der Waals surface area contributed by atoms with Crippen LogP contribution in [0, 0.1) is 0 Å². The van der Waals surface area contributed by atoms with Crippen LogP contribution in [0.1, 0.15) is 12.5 Å². The first-order chi connectivity index (χ1) is 12.7. The molecule has 7 heteroatoms. The van der Waals surface area contributed by atoms with Gasteiger partial charge in [-0.3, -0.25) is 4.79 Å². The zero-order valence-corrected chi connectivity index (χ0v) is 14.4. The molecule has 0 aliphatic rings. The predicted octanol–water partition coefficient (Wildman–Crippen LogP) is 3.23. The Labute approximate surface area is 151 Å². The highest BCUT2D eigenvalue weighted by atomic mass is 16.1. The van der Waals surface area contributed by atoms with Crippen molar-refractivity contribution in [2.45, 2.75) is 13.3 Å². The first-order valence-electron chi connectivity index (χ1n) is 8.31. The molecule has 26 heavy (non-hydrogen) atoms. The second-order valence-electron chi connectivity index (χ2n) is 5.71. The number of rotatable bonds is 7. The number of hydrogen-bond donors (Lipinski definition) is 3. The van der Waals surface area contributed by atoms with Gasteiger partial charge >= 0.3 is 0 Å². The number of aromatic nitrogens is 3. The highest BCUT2D eigenvalue weighted by Gasteiger charge is 2.02. The summed E-state index contributed by atoms with van der Waals surface area (Å²) in [4.78, 5) is 15.4. The van der Waals surface area contributed by atoms with Crippen molar-refractivity contribution in [3.8, 4) is 0 Å². The van der Waals surface area contributed by atoms with Crippen molar-refractivity contribution < 1.29 is 4.79 Å². The Morgan fingerprint density at radius 3 is 2.46 bits per heavy atom. The van der Waals surface area contributed by atoms with Crippen molar-refractivity contribution in [2.24, 2.45) is 0 Å². The van der Waals surface area contributed by atoms with Crippen molar-refractivity contribution in [3.63, 3.8) is 0 Å². The van der Waals surface area contributed by atoms with Gasteiger partial charge in [0.15, 0.2) is 5.82 Å². The van der Waals surface area contributed by atoms with Crippen LogP contribution in [0.4, 0.5) is 23.1 Å². The lowest BCUT2D eigenvalue weighted by atomic mass is 10.1. The van der Waals surface area contributed by atoms with Crippen LogP contribution in [-0.2, 0) is 11.2 Å². The minimum Gasteiger partial charge on any atom is -0.368 e. The molecule has 0 fully saturated rings. The third-order valence-electron chi connectivity index (χ3n) is 3.58. The van der Waals surface area contributed by atoms with Gasteiger partial charge in [-0.25, -0.2) is 0 Å². The van der Waals surface area contributed by atoms with Gasteiger partial charge in [0.1, 0.15) is 0 Å². The van der Waals surface area contributed by atoms with Gasteiger partial charge in [-0.2, -0.15) is 10.1 Å². The lowest BCUT2D eigenvalue weighted by Gasteiger charge is -2.08. The first kappa shape index (κ1) is 17.3. The average Bonchev–Trinajstić information content (AvgIpc) is 2.64. The number of hydrogen-bond acceptors (Lipinski definition) is 6. The molecule has 7 nitrogen and oxygen atoms in total. The molecular formula is C19H20N6O. The van der Waals surface area contributed by atoms with Gasteiger partial charge in [-0.15, -0.1) is 5.10 Å². The fourth-order valence-corrected chi connectivity index (χ4v) is 2.39. The van der Waals surface area contributed by atoms with Crippen molar-refractivity contribution >= 4 is 29.0 Å². The second kappa shape index (κ2) is 8.57. The number of carbonyl (C=O) groups excluding carboxylic acids is 1. The van der Waals surface area contributed by atoms with E-state index in [0.717, 1.165) is 24.3 Å². The lowest BCUT2D eigenvalue weighted by molar-refractivity contribution is -0.114. The van der Waals surface area contributed by atoms with Crippen LogP contribution in [0.25, 0.3) is 0 Å². The first-order valence-corrected chi connectivity index (χ1v) is 8.31. The van der Waals surface area contributed by atoms with Gasteiger partial charge in [-0.05, 0) is 36.2 Å². The molecule has 0 radical (unpaired) electrons. The molecule has 1 amide bonds. The largest absolute Gasteiger partial charge is 0.368 e. The molecular weight excluding hydrogens is 328 g/mol. The molecule has 3 aromatic rings. The number of nitrogens with one attached hydrogen (secondary N) is 3. The zero-order chi connectivity index (χ0) is 18.2. The van der Waals surface area contributed by atoms with Crippen molar-refractivity contribution in [1.29, 1.82) is 0 Å². The lowest BCUT2D eigenvalue weighted by Crippen LogP contribution is -2.09. The normalized spacial score (nSPS) is 10.2. The number of nitrogens with zero attached hydrogens (tertiary/aromatic N) is 3. The molecule has 3 N–H and O–H groups in total. The molecule has 0 aliphatic heterocycles. The molecule has 1 aromatic heterocycles. The van der Waals surface area contributed by atoms with Gasteiger partial charge < -0.3 is 16.0 Å². The molecule has 0 bridgehead atoms. The molecule has 0 unspecified atom stereocenters. The van der Waals surface area contributed by atoms with Crippen LogP contribution in [0.15, 0.2) is 60.8 Å². The van der Waals surface area contributed by atoms with E-state index in [1.165, 1.54) is 12.5 Å². The molecule has 0 saturated heterocycles. The Morgan fingerprint density at radius 1 is 1.00 bits per heavy atom. The van der Waals surface area contributed by atoms with Crippen molar-refractivity contribution in [3.05, 3.63) is 66.4 Å². The molecule has 0 spiro atoms. The summed E-state index contributed by atoms with van der Waals surface area (Å²) in [5.41, 5.74) is 2.81. The quantitative estimate of drug-likeness (QED) is 0.607. The summed E-state index contributed by atoms with van der Waals surface area (Å²) in [5, 5.41) is 17.0. The minimum atomic E-state index is -0.104. The molecule has 0 saturated carbocycles. The maximum Gasteiger partial charge on any atom is 0.249 e. The SMILES string of the molecule is CC(=O)Nc1ccc(Nc2nncc(NCCc3ccccc3)n2)cc1. The summed E-state index contributed by atoms with van der Waals surface area (Å²) in [5.74, 6) is 0.961. The fraction of sp³-hybridized carbons (Fsp3) is 0.158. The Kier molecular flexibility index (Phi) is 5.72. The van der Waals surface area contributed by atoms with Gasteiger partial charge in [0.05, 0.1) is 6.20 Å². The topological polar surface area (TPSA) is 91.8 Å². The van der Waals surface area contributed by atoms with E-state index in [4.69, 9.17) is 0 Å². The maximum absolute atomic E-state index is 11.0. The van der Waals surface area contributed by atoms with Crippen LogP contribution in [0.3, 0.4) is 0 Å². The van der Waals surface area contributed by atoms with Gasteiger partial charge in [0.25, 0.3) is 0 Å². The maximum atomic E-state index is 11.0. The number of benzene rings is 2. The standard InChI is InChI=1S/C19H20N6O/c1-14(26)22-16-7-9-17(10-8-16)23-19-24-18(13-21-25-19)20-12-11-15-5-3-2-4-6-15/h2-10,13H,11-12H2,1H3,(H,22,26)(H2,20,23,24,25). The summed E-state index contributed by atoms with van der Waals surface area (Å²) in [6.07, 6.45) is 2.49. The third-order valence-corrected chi connectivity index (χ3v) is 3.58. The summed E-state index contributed by atoms with van der Waals surface area (Å²) in [7, 11) is 0. The predicted molar refractivity (Wildman–Crippen MR) is 102 cm³/mol. The van der Waals surface area contributed by atoms with E-state index in [0.29, 0.717) is 11.8 Å². The Bertz CT molecular complexity index is 851. The smallest absolute Gasteiger partial charge is 0.249 e. The highest BCUT2D eigenvalue weighted by Crippen LogP contribution is 2.17. The van der Waals surface area contributed by atoms with Crippen LogP contribution in [0.5, 0.6) is 0 Å².